The van der Waals surface area contributed by atoms with Crippen molar-refractivity contribution in [2.75, 3.05) is 13.2 Å². The van der Waals surface area contributed by atoms with Gasteiger partial charge in [-0.2, -0.15) is 0 Å². The molecule has 29 heavy (non-hydrogen) atoms. The normalized spacial score (nSPS) is 30.9. The van der Waals surface area contributed by atoms with Crippen LogP contribution in [0.25, 0.3) is 0 Å². The quantitative estimate of drug-likeness (QED) is 0.567. The third kappa shape index (κ3) is 4.43. The Balaban J connectivity index is 1.44. The third-order valence-corrected chi connectivity index (χ3v) is 7.93. The Morgan fingerprint density at radius 2 is 1.83 bits per heavy atom. The number of nitrogens with two attached hydrogens (primary N) is 1. The summed E-state index contributed by atoms with van der Waals surface area (Å²) in [5.74, 6) is 3.56. The summed E-state index contributed by atoms with van der Waals surface area (Å²) in [6, 6.07) is 4.55. The molecule has 1 unspecified atom stereocenters. The van der Waals surface area contributed by atoms with E-state index in [4.69, 9.17) is 15.2 Å². The van der Waals surface area contributed by atoms with Crippen molar-refractivity contribution >= 4 is 21.8 Å². The Bertz CT molecular complexity index is 731. The van der Waals surface area contributed by atoms with Crippen molar-refractivity contribution in [3.63, 3.8) is 0 Å². The predicted octanol–water partition coefficient (Wildman–Crippen LogP) is 4.41. The van der Waals surface area contributed by atoms with E-state index in [0.717, 1.165) is 34.3 Å². The molecule has 4 saturated carbocycles. The van der Waals surface area contributed by atoms with E-state index in [1.54, 1.807) is 0 Å². The molecule has 0 aromatic heterocycles. The average Bonchev–Trinajstić information content (AvgIpc) is 2.64. The van der Waals surface area contributed by atoms with E-state index in [-0.39, 0.29) is 6.61 Å². The minimum Gasteiger partial charge on any atom is -0.490 e. The minimum atomic E-state index is -0.505. The molecule has 1 atom stereocenters. The number of carbonyl (C=O) groups excluding carboxylic acids is 1. The minimum absolute atomic E-state index is 0.167. The maximum absolute atomic E-state index is 11.1. The fraction of sp³-hybridized carbons (Fsp3) is 0.696. The van der Waals surface area contributed by atoms with E-state index < -0.39 is 5.91 Å². The zero-order valence-corrected chi connectivity index (χ0v) is 19.1. The van der Waals surface area contributed by atoms with Gasteiger partial charge in [0.1, 0.15) is 0 Å². The van der Waals surface area contributed by atoms with Gasteiger partial charge in [0, 0.05) is 12.6 Å². The SMILES string of the molecule is CCOc1cc(CNC(C)C23CC4CC(CC(C4)C2)C3)cc(Br)c1OCC(N)=O. The second-order valence-electron chi connectivity index (χ2n) is 9.48. The zero-order chi connectivity index (χ0) is 20.6. The van der Waals surface area contributed by atoms with Crippen LogP contribution in [0.3, 0.4) is 0 Å². The van der Waals surface area contributed by atoms with Gasteiger partial charge in [-0.3, -0.25) is 4.79 Å². The lowest BCUT2D eigenvalue weighted by Crippen LogP contribution is -2.54. The number of ether oxygens (including phenoxy) is 2. The lowest BCUT2D eigenvalue weighted by atomic mass is 9.48. The van der Waals surface area contributed by atoms with Gasteiger partial charge in [-0.15, -0.1) is 0 Å². The first-order chi connectivity index (χ1) is 13.9. The Labute approximate surface area is 182 Å². The predicted molar refractivity (Wildman–Crippen MR) is 117 cm³/mol. The highest BCUT2D eigenvalue weighted by atomic mass is 79.9. The van der Waals surface area contributed by atoms with Gasteiger partial charge in [0.25, 0.3) is 5.91 Å². The van der Waals surface area contributed by atoms with Crippen molar-refractivity contribution < 1.29 is 14.3 Å². The number of benzene rings is 1. The highest BCUT2D eigenvalue weighted by Gasteiger charge is 2.52. The molecule has 5 nitrogen and oxygen atoms in total. The first kappa shape index (κ1) is 21.0. The molecule has 4 fully saturated rings. The van der Waals surface area contributed by atoms with Crippen LogP contribution in [0.5, 0.6) is 11.5 Å². The Morgan fingerprint density at radius 3 is 2.38 bits per heavy atom. The van der Waals surface area contributed by atoms with Gasteiger partial charge < -0.3 is 20.5 Å². The fourth-order valence-corrected chi connectivity index (χ4v) is 7.07. The molecule has 4 bridgehead atoms. The molecule has 1 aromatic carbocycles. The first-order valence-corrected chi connectivity index (χ1v) is 11.8. The van der Waals surface area contributed by atoms with E-state index in [1.807, 2.05) is 19.1 Å². The van der Waals surface area contributed by atoms with Crippen molar-refractivity contribution in [2.24, 2.45) is 28.9 Å². The van der Waals surface area contributed by atoms with Gasteiger partial charge in [-0.25, -0.2) is 0 Å². The number of nitrogens with one attached hydrogen (secondary N) is 1. The Morgan fingerprint density at radius 1 is 1.21 bits per heavy atom. The summed E-state index contributed by atoms with van der Waals surface area (Å²) >= 11 is 3.57. The van der Waals surface area contributed by atoms with E-state index in [1.165, 1.54) is 38.5 Å². The second kappa shape index (κ2) is 8.46. The van der Waals surface area contributed by atoms with Crippen LogP contribution < -0.4 is 20.5 Å². The maximum atomic E-state index is 11.1. The van der Waals surface area contributed by atoms with Crippen LogP contribution in [0.2, 0.25) is 0 Å². The lowest BCUT2D eigenvalue weighted by molar-refractivity contribution is -0.119. The van der Waals surface area contributed by atoms with Gasteiger partial charge in [0.2, 0.25) is 0 Å². The highest BCUT2D eigenvalue weighted by Crippen LogP contribution is 2.61. The number of halogens is 1. The number of hydrogen-bond acceptors (Lipinski definition) is 4. The zero-order valence-electron chi connectivity index (χ0n) is 17.5. The largest absolute Gasteiger partial charge is 0.490 e. The number of amides is 1. The van der Waals surface area contributed by atoms with Gasteiger partial charge in [-0.05, 0) is 109 Å². The maximum Gasteiger partial charge on any atom is 0.255 e. The number of primary amides is 1. The van der Waals surface area contributed by atoms with E-state index in [9.17, 15) is 4.79 Å². The van der Waals surface area contributed by atoms with Crippen LogP contribution in [-0.4, -0.2) is 25.2 Å². The standard InChI is InChI=1S/C23H33BrN2O3/c1-3-28-20-8-18(7-19(24)22(20)29-13-21(25)27)12-26-14(2)23-9-15-4-16(10-23)6-17(5-15)11-23/h7-8,14-17,26H,3-6,9-13H2,1-2H3,(H2,25,27). The van der Waals surface area contributed by atoms with Crippen LogP contribution in [-0.2, 0) is 11.3 Å². The molecule has 4 aliphatic carbocycles. The van der Waals surface area contributed by atoms with Gasteiger partial charge in [0.05, 0.1) is 11.1 Å². The van der Waals surface area contributed by atoms with E-state index >= 15 is 0 Å². The van der Waals surface area contributed by atoms with Crippen LogP contribution in [0, 0.1) is 23.2 Å². The highest BCUT2D eigenvalue weighted by molar-refractivity contribution is 9.10. The second-order valence-corrected chi connectivity index (χ2v) is 10.3. The summed E-state index contributed by atoms with van der Waals surface area (Å²) < 4.78 is 12.1. The molecule has 4 aliphatic rings. The molecule has 1 amide bonds. The van der Waals surface area contributed by atoms with Crippen LogP contribution in [0.15, 0.2) is 16.6 Å². The fourth-order valence-electron chi connectivity index (χ4n) is 6.47. The van der Waals surface area contributed by atoms with Crippen molar-refractivity contribution in [2.45, 2.75) is 65.0 Å². The number of rotatable bonds is 9. The first-order valence-electron chi connectivity index (χ1n) is 11.0. The molecule has 160 valence electrons. The van der Waals surface area contributed by atoms with Gasteiger partial charge in [0.15, 0.2) is 18.1 Å². The molecule has 6 heteroatoms. The third-order valence-electron chi connectivity index (χ3n) is 7.34. The molecule has 0 heterocycles. The molecule has 1 aromatic rings. The number of hydrogen-bond donors (Lipinski definition) is 2. The molecular formula is C23H33BrN2O3. The van der Waals surface area contributed by atoms with Gasteiger partial charge in [-0.1, -0.05) is 0 Å². The molecule has 0 aliphatic heterocycles. The monoisotopic (exact) mass is 464 g/mol. The summed E-state index contributed by atoms with van der Waals surface area (Å²) in [5, 5.41) is 3.83. The smallest absolute Gasteiger partial charge is 0.255 e. The van der Waals surface area contributed by atoms with Crippen molar-refractivity contribution in [3.8, 4) is 11.5 Å². The number of carbonyl (C=O) groups is 1. The molecule has 0 saturated heterocycles. The van der Waals surface area contributed by atoms with Crippen LogP contribution in [0.1, 0.15) is 57.9 Å². The summed E-state index contributed by atoms with van der Waals surface area (Å²) in [4.78, 5) is 11.1. The topological polar surface area (TPSA) is 73.6 Å². The van der Waals surface area contributed by atoms with Gasteiger partial charge >= 0.3 is 0 Å². The van der Waals surface area contributed by atoms with Crippen molar-refractivity contribution in [1.82, 2.24) is 5.32 Å². The van der Waals surface area contributed by atoms with E-state index in [0.29, 0.717) is 29.6 Å². The summed E-state index contributed by atoms with van der Waals surface area (Å²) in [7, 11) is 0. The van der Waals surface area contributed by atoms with Crippen molar-refractivity contribution in [3.05, 3.63) is 22.2 Å². The molecule has 5 rings (SSSR count). The Hall–Kier alpha value is -1.27. The lowest BCUT2D eigenvalue weighted by Gasteiger charge is -2.59. The Kier molecular flexibility index (Phi) is 6.12. The summed E-state index contributed by atoms with van der Waals surface area (Å²) in [5.41, 5.74) is 6.85. The van der Waals surface area contributed by atoms with Crippen LogP contribution >= 0.6 is 15.9 Å². The molecule has 0 radical (unpaired) electrons. The average molecular weight is 465 g/mol. The molecular weight excluding hydrogens is 432 g/mol. The molecule has 3 N–H and O–H groups in total. The van der Waals surface area contributed by atoms with E-state index in [2.05, 4.69) is 28.2 Å². The summed E-state index contributed by atoms with van der Waals surface area (Å²) in [6.07, 6.45) is 8.64. The summed E-state index contributed by atoms with van der Waals surface area (Å²) in [6.45, 7) is 5.47. The van der Waals surface area contributed by atoms with Crippen molar-refractivity contribution in [1.29, 1.82) is 0 Å². The van der Waals surface area contributed by atoms with Crippen LogP contribution in [0.4, 0.5) is 0 Å². The molecule has 0 spiro atoms.